The summed E-state index contributed by atoms with van der Waals surface area (Å²) in [5, 5.41) is 5.64. The molecule has 0 aliphatic carbocycles. The molecular formula is C16H15N3. The van der Waals surface area contributed by atoms with Crippen LogP contribution in [-0.4, -0.2) is 9.97 Å². The zero-order valence-electron chi connectivity index (χ0n) is 11.0. The van der Waals surface area contributed by atoms with E-state index in [1.807, 2.05) is 18.5 Å². The van der Waals surface area contributed by atoms with Gasteiger partial charge in [0, 0.05) is 29.7 Å². The van der Waals surface area contributed by atoms with E-state index in [1.165, 1.54) is 16.5 Å². The normalized spacial score (nSPS) is 10.6. The highest BCUT2D eigenvalue weighted by atomic mass is 15.0. The maximum Gasteiger partial charge on any atom is 0.130 e. The van der Waals surface area contributed by atoms with Crippen molar-refractivity contribution in [3.05, 3.63) is 60.0 Å². The van der Waals surface area contributed by atoms with Crippen LogP contribution in [0, 0.1) is 13.8 Å². The molecular weight excluding hydrogens is 234 g/mol. The summed E-state index contributed by atoms with van der Waals surface area (Å²) in [4.78, 5) is 8.53. The van der Waals surface area contributed by atoms with E-state index in [4.69, 9.17) is 0 Å². The van der Waals surface area contributed by atoms with Gasteiger partial charge in [-0.1, -0.05) is 6.07 Å². The summed E-state index contributed by atoms with van der Waals surface area (Å²) < 4.78 is 0. The number of nitrogens with one attached hydrogen (secondary N) is 1. The first-order valence-corrected chi connectivity index (χ1v) is 6.26. The van der Waals surface area contributed by atoms with Crippen molar-refractivity contribution in [3.8, 4) is 0 Å². The number of benzene rings is 1. The third-order valence-electron chi connectivity index (χ3n) is 3.29. The maximum atomic E-state index is 4.39. The van der Waals surface area contributed by atoms with Gasteiger partial charge in [0.05, 0.1) is 0 Å². The van der Waals surface area contributed by atoms with Crippen molar-refractivity contribution in [3.63, 3.8) is 0 Å². The smallest absolute Gasteiger partial charge is 0.130 e. The number of fused-ring (bicyclic) bond motifs is 1. The molecule has 0 radical (unpaired) electrons. The molecule has 0 atom stereocenters. The molecule has 1 N–H and O–H groups in total. The Morgan fingerprint density at radius 2 is 1.79 bits per heavy atom. The lowest BCUT2D eigenvalue weighted by Crippen LogP contribution is -1.95. The van der Waals surface area contributed by atoms with Gasteiger partial charge in [0.1, 0.15) is 5.82 Å². The van der Waals surface area contributed by atoms with Gasteiger partial charge in [-0.2, -0.15) is 0 Å². The number of aromatic nitrogens is 2. The Balaban J connectivity index is 1.94. The highest BCUT2D eigenvalue weighted by molar-refractivity contribution is 5.85. The van der Waals surface area contributed by atoms with Crippen LogP contribution in [0.3, 0.4) is 0 Å². The maximum absolute atomic E-state index is 4.39. The first-order chi connectivity index (χ1) is 9.22. The number of hydrogen-bond donors (Lipinski definition) is 1. The van der Waals surface area contributed by atoms with E-state index in [0.717, 1.165) is 16.9 Å². The SMILES string of the molecule is Cc1cnc(Nc2ccc3ccncc3c2)cc1C. The largest absolute Gasteiger partial charge is 0.340 e. The van der Waals surface area contributed by atoms with Gasteiger partial charge in [0.2, 0.25) is 0 Å². The van der Waals surface area contributed by atoms with E-state index in [2.05, 4.69) is 53.4 Å². The Labute approximate surface area is 112 Å². The van der Waals surface area contributed by atoms with Gasteiger partial charge in [-0.3, -0.25) is 4.98 Å². The molecule has 19 heavy (non-hydrogen) atoms. The van der Waals surface area contributed by atoms with Crippen molar-refractivity contribution >= 4 is 22.3 Å². The standard InChI is InChI=1S/C16H15N3/c1-11-7-16(18-9-12(11)2)19-15-4-3-13-5-6-17-10-14(13)8-15/h3-10H,1-2H3,(H,18,19). The predicted octanol–water partition coefficient (Wildman–Crippen LogP) is 3.99. The van der Waals surface area contributed by atoms with Crippen molar-refractivity contribution in [2.75, 3.05) is 5.32 Å². The second-order valence-electron chi connectivity index (χ2n) is 4.72. The second-order valence-corrected chi connectivity index (χ2v) is 4.72. The van der Waals surface area contributed by atoms with Crippen molar-refractivity contribution in [1.29, 1.82) is 0 Å². The summed E-state index contributed by atoms with van der Waals surface area (Å²) in [6, 6.07) is 10.3. The van der Waals surface area contributed by atoms with E-state index < -0.39 is 0 Å². The molecule has 2 heterocycles. The van der Waals surface area contributed by atoms with Gasteiger partial charge >= 0.3 is 0 Å². The Hall–Kier alpha value is -2.42. The number of anilines is 2. The molecule has 0 saturated heterocycles. The molecule has 0 fully saturated rings. The Kier molecular flexibility index (Phi) is 2.88. The third-order valence-corrected chi connectivity index (χ3v) is 3.29. The van der Waals surface area contributed by atoms with Gasteiger partial charge in [0.25, 0.3) is 0 Å². The molecule has 3 rings (SSSR count). The Morgan fingerprint density at radius 1 is 0.895 bits per heavy atom. The highest BCUT2D eigenvalue weighted by Crippen LogP contribution is 2.21. The van der Waals surface area contributed by atoms with E-state index in [0.29, 0.717) is 0 Å². The fourth-order valence-corrected chi connectivity index (χ4v) is 2.00. The molecule has 0 unspecified atom stereocenters. The summed E-state index contributed by atoms with van der Waals surface area (Å²) in [7, 11) is 0. The molecule has 0 aliphatic rings. The Morgan fingerprint density at radius 3 is 2.63 bits per heavy atom. The van der Waals surface area contributed by atoms with Crippen LogP contribution in [0.15, 0.2) is 48.9 Å². The van der Waals surface area contributed by atoms with Gasteiger partial charge < -0.3 is 5.32 Å². The molecule has 2 aromatic heterocycles. The van der Waals surface area contributed by atoms with Crippen LogP contribution in [0.1, 0.15) is 11.1 Å². The summed E-state index contributed by atoms with van der Waals surface area (Å²) in [6.45, 7) is 4.15. The predicted molar refractivity (Wildman–Crippen MR) is 78.7 cm³/mol. The van der Waals surface area contributed by atoms with Gasteiger partial charge in [0.15, 0.2) is 0 Å². The van der Waals surface area contributed by atoms with Crippen molar-refractivity contribution in [2.24, 2.45) is 0 Å². The van der Waals surface area contributed by atoms with Crippen molar-refractivity contribution < 1.29 is 0 Å². The second kappa shape index (κ2) is 4.69. The number of hydrogen-bond acceptors (Lipinski definition) is 3. The summed E-state index contributed by atoms with van der Waals surface area (Å²) in [5.74, 6) is 0.867. The molecule has 0 amide bonds. The third kappa shape index (κ3) is 2.40. The minimum Gasteiger partial charge on any atom is -0.340 e. The number of aryl methyl sites for hydroxylation is 2. The van der Waals surface area contributed by atoms with Crippen LogP contribution in [0.5, 0.6) is 0 Å². The van der Waals surface area contributed by atoms with E-state index in [9.17, 15) is 0 Å². The Bertz CT molecular complexity index is 735. The quantitative estimate of drug-likeness (QED) is 0.746. The molecule has 0 aliphatic heterocycles. The zero-order valence-corrected chi connectivity index (χ0v) is 11.0. The number of pyridine rings is 2. The van der Waals surface area contributed by atoms with Crippen molar-refractivity contribution in [2.45, 2.75) is 13.8 Å². The lowest BCUT2D eigenvalue weighted by atomic mass is 10.1. The lowest BCUT2D eigenvalue weighted by molar-refractivity contribution is 1.21. The first kappa shape index (κ1) is 11.7. The molecule has 94 valence electrons. The minimum absolute atomic E-state index is 0.867. The van der Waals surface area contributed by atoms with Gasteiger partial charge in [-0.15, -0.1) is 0 Å². The lowest BCUT2D eigenvalue weighted by Gasteiger charge is -2.08. The van der Waals surface area contributed by atoms with E-state index in [-0.39, 0.29) is 0 Å². The van der Waals surface area contributed by atoms with Crippen LogP contribution in [0.25, 0.3) is 10.8 Å². The van der Waals surface area contributed by atoms with Crippen LogP contribution < -0.4 is 5.32 Å². The molecule has 1 aromatic carbocycles. The topological polar surface area (TPSA) is 37.8 Å². The first-order valence-electron chi connectivity index (χ1n) is 6.26. The number of nitrogens with zero attached hydrogens (tertiary/aromatic N) is 2. The molecule has 3 aromatic rings. The van der Waals surface area contributed by atoms with Crippen molar-refractivity contribution in [1.82, 2.24) is 9.97 Å². The van der Waals surface area contributed by atoms with Gasteiger partial charge in [-0.25, -0.2) is 4.98 Å². The fourth-order valence-electron chi connectivity index (χ4n) is 2.00. The number of rotatable bonds is 2. The summed E-state index contributed by atoms with van der Waals surface area (Å²) >= 11 is 0. The molecule has 0 spiro atoms. The summed E-state index contributed by atoms with van der Waals surface area (Å²) in [6.07, 6.45) is 5.56. The van der Waals surface area contributed by atoms with Crippen LogP contribution >= 0.6 is 0 Å². The van der Waals surface area contributed by atoms with Gasteiger partial charge in [-0.05, 0) is 54.6 Å². The zero-order chi connectivity index (χ0) is 13.2. The van der Waals surface area contributed by atoms with Crippen LogP contribution in [-0.2, 0) is 0 Å². The molecule has 3 nitrogen and oxygen atoms in total. The van der Waals surface area contributed by atoms with Crippen LogP contribution in [0.2, 0.25) is 0 Å². The highest BCUT2D eigenvalue weighted by Gasteiger charge is 2.00. The monoisotopic (exact) mass is 249 g/mol. The summed E-state index contributed by atoms with van der Waals surface area (Å²) in [5.41, 5.74) is 3.46. The van der Waals surface area contributed by atoms with Crippen LogP contribution in [0.4, 0.5) is 11.5 Å². The average molecular weight is 249 g/mol. The molecule has 0 bridgehead atoms. The van der Waals surface area contributed by atoms with E-state index >= 15 is 0 Å². The fraction of sp³-hybridized carbons (Fsp3) is 0.125. The molecule has 0 saturated carbocycles. The average Bonchev–Trinajstić information content (AvgIpc) is 2.43. The minimum atomic E-state index is 0.867. The molecule has 3 heteroatoms. The van der Waals surface area contributed by atoms with E-state index in [1.54, 1.807) is 6.20 Å².